The van der Waals surface area contributed by atoms with Crippen LogP contribution in [0.4, 0.5) is 5.69 Å². The van der Waals surface area contributed by atoms with Gasteiger partial charge >= 0.3 is 5.97 Å². The van der Waals surface area contributed by atoms with Crippen molar-refractivity contribution in [1.29, 1.82) is 0 Å². The third-order valence-electron chi connectivity index (χ3n) is 3.52. The number of nitrogens with zero attached hydrogens (tertiary/aromatic N) is 2. The maximum atomic E-state index is 12.5. The number of likely N-dealkylation sites (N-methyl/N-ethyl adjacent to an activating group) is 1. The van der Waals surface area contributed by atoms with Gasteiger partial charge in [0.05, 0.1) is 19.1 Å². The van der Waals surface area contributed by atoms with Crippen molar-refractivity contribution in [3.05, 3.63) is 47.8 Å². The van der Waals surface area contributed by atoms with Crippen LogP contribution in [-0.2, 0) is 27.1 Å². The fraction of sp³-hybridized carbons (Fsp3) is 0.353. The number of nitrogens with one attached hydrogen (secondary N) is 2. The highest BCUT2D eigenvalue weighted by atomic mass is 35.5. The number of amides is 1. The van der Waals surface area contributed by atoms with Crippen LogP contribution in [0.5, 0.6) is 0 Å². The van der Waals surface area contributed by atoms with E-state index in [9.17, 15) is 9.59 Å². The lowest BCUT2D eigenvalue weighted by molar-refractivity contribution is -0.137. The number of aryl methyl sites for hydroxylation is 1. The molecule has 0 fully saturated rings. The topological polar surface area (TPSA) is 85.2 Å². The van der Waals surface area contributed by atoms with Crippen LogP contribution in [0, 0.1) is 0 Å². The number of halogens is 1. The van der Waals surface area contributed by atoms with E-state index in [-0.39, 0.29) is 24.3 Å². The van der Waals surface area contributed by atoms with Crippen molar-refractivity contribution in [3.63, 3.8) is 0 Å². The van der Waals surface area contributed by atoms with Crippen molar-refractivity contribution in [2.24, 2.45) is 7.05 Å². The van der Waals surface area contributed by atoms with E-state index in [2.05, 4.69) is 20.5 Å². The summed E-state index contributed by atoms with van der Waals surface area (Å²) in [5, 5.41) is 10.0. The molecule has 0 aliphatic heterocycles. The molecule has 1 aromatic heterocycles. The number of hydrogen-bond acceptors (Lipinski definition) is 6. The lowest BCUT2D eigenvalue weighted by atomic mass is 10.1. The molecule has 0 bridgehead atoms. The van der Waals surface area contributed by atoms with E-state index in [1.165, 1.54) is 18.9 Å². The highest BCUT2D eigenvalue weighted by Gasteiger charge is 2.20. The summed E-state index contributed by atoms with van der Waals surface area (Å²) in [6.07, 6.45) is 3.47. The molecule has 0 aliphatic carbocycles. The molecular formula is C17H23ClN4O3S. The van der Waals surface area contributed by atoms with Crippen LogP contribution in [0.1, 0.15) is 17.2 Å². The van der Waals surface area contributed by atoms with Gasteiger partial charge in [-0.3, -0.25) is 14.3 Å². The van der Waals surface area contributed by atoms with Gasteiger partial charge in [-0.05, 0) is 24.7 Å². The number of carbonyl (C=O) groups excluding carboxylic acids is 2. The van der Waals surface area contributed by atoms with E-state index >= 15 is 0 Å². The van der Waals surface area contributed by atoms with E-state index in [0.717, 1.165) is 11.1 Å². The fourth-order valence-corrected chi connectivity index (χ4v) is 3.10. The smallest absolute Gasteiger partial charge is 0.315 e. The molecule has 1 amide bonds. The van der Waals surface area contributed by atoms with Crippen molar-refractivity contribution in [3.8, 4) is 0 Å². The molecule has 1 aromatic carbocycles. The molecule has 1 atom stereocenters. The minimum atomic E-state index is -0.481. The number of benzene rings is 1. The third-order valence-corrected chi connectivity index (χ3v) is 4.50. The normalized spacial score (nSPS) is 11.3. The number of anilines is 1. The number of ether oxygens (including phenoxy) is 1. The Labute approximate surface area is 163 Å². The Morgan fingerprint density at radius 1 is 1.38 bits per heavy atom. The molecule has 0 aliphatic rings. The van der Waals surface area contributed by atoms with Crippen molar-refractivity contribution in [2.45, 2.75) is 11.8 Å². The summed E-state index contributed by atoms with van der Waals surface area (Å²) in [6, 6.07) is 7.09. The van der Waals surface area contributed by atoms with Crippen LogP contribution in [0.3, 0.4) is 0 Å². The number of rotatable bonds is 8. The van der Waals surface area contributed by atoms with E-state index in [1.807, 2.05) is 31.3 Å². The third kappa shape index (κ3) is 6.36. The molecule has 2 N–H and O–H groups in total. The fourth-order valence-electron chi connectivity index (χ4n) is 2.30. The zero-order valence-electron chi connectivity index (χ0n) is 14.9. The van der Waals surface area contributed by atoms with Crippen LogP contribution < -0.4 is 10.6 Å². The minimum absolute atomic E-state index is 0. The van der Waals surface area contributed by atoms with Gasteiger partial charge in [0, 0.05) is 30.2 Å². The molecule has 0 saturated carbocycles. The summed E-state index contributed by atoms with van der Waals surface area (Å²) in [5.74, 6) is 0.560. The highest BCUT2D eigenvalue weighted by Crippen LogP contribution is 2.19. The van der Waals surface area contributed by atoms with Crippen LogP contribution >= 0.6 is 24.2 Å². The van der Waals surface area contributed by atoms with Gasteiger partial charge in [-0.2, -0.15) is 5.10 Å². The molecule has 7 nitrogen and oxygen atoms in total. The summed E-state index contributed by atoms with van der Waals surface area (Å²) in [4.78, 5) is 23.7. The minimum Gasteiger partial charge on any atom is -0.468 e. The van der Waals surface area contributed by atoms with E-state index in [1.54, 1.807) is 24.1 Å². The maximum Gasteiger partial charge on any atom is 0.315 e. The van der Waals surface area contributed by atoms with Gasteiger partial charge in [0.1, 0.15) is 6.04 Å². The zero-order valence-corrected chi connectivity index (χ0v) is 16.5. The number of carbonyl (C=O) groups is 2. The van der Waals surface area contributed by atoms with Gasteiger partial charge in [0.2, 0.25) is 5.91 Å². The molecule has 1 heterocycles. The van der Waals surface area contributed by atoms with E-state index in [4.69, 9.17) is 0 Å². The van der Waals surface area contributed by atoms with Crippen molar-refractivity contribution < 1.29 is 14.3 Å². The SMILES string of the molecule is CNC(C(=O)Nc1cccc(CSCC(=O)OC)c1)c1cnn(C)c1.Cl. The van der Waals surface area contributed by atoms with Gasteiger partial charge in [0.15, 0.2) is 0 Å². The second kappa shape index (κ2) is 10.8. The Bertz CT molecular complexity index is 738. The molecule has 26 heavy (non-hydrogen) atoms. The Hall–Kier alpha value is -2.03. The van der Waals surface area contributed by atoms with Gasteiger partial charge < -0.3 is 15.4 Å². The monoisotopic (exact) mass is 398 g/mol. The molecule has 0 spiro atoms. The Kier molecular flexibility index (Phi) is 9.18. The van der Waals surface area contributed by atoms with E-state index < -0.39 is 6.04 Å². The first-order chi connectivity index (χ1) is 12.0. The van der Waals surface area contributed by atoms with Crippen LogP contribution in [-0.4, -0.2) is 41.6 Å². The molecule has 0 saturated heterocycles. The lowest BCUT2D eigenvalue weighted by Gasteiger charge is -2.15. The van der Waals surface area contributed by atoms with Gasteiger partial charge in [-0.1, -0.05) is 12.1 Å². The summed E-state index contributed by atoms with van der Waals surface area (Å²) < 4.78 is 6.28. The number of hydrogen-bond donors (Lipinski definition) is 2. The van der Waals surface area contributed by atoms with Crippen molar-refractivity contribution >= 4 is 41.7 Å². The zero-order chi connectivity index (χ0) is 18.2. The molecule has 1 unspecified atom stereocenters. The molecule has 9 heteroatoms. The van der Waals surface area contributed by atoms with Gasteiger partial charge in [-0.15, -0.1) is 24.2 Å². The predicted molar refractivity (Wildman–Crippen MR) is 106 cm³/mol. The molecule has 2 aromatic rings. The first-order valence-corrected chi connectivity index (χ1v) is 8.89. The average molecular weight is 399 g/mol. The molecule has 0 radical (unpaired) electrons. The summed E-state index contributed by atoms with van der Waals surface area (Å²) in [6.45, 7) is 0. The standard InChI is InChI=1S/C17H22N4O3S.ClH/c1-18-16(13-8-19-21(2)9-13)17(23)20-14-6-4-5-12(7-14)10-25-11-15(22)24-3;/h4-9,16,18H,10-11H2,1-3H3,(H,20,23);1H. The number of esters is 1. The number of methoxy groups -OCH3 is 1. The van der Waals surface area contributed by atoms with Crippen LogP contribution in [0.2, 0.25) is 0 Å². The van der Waals surface area contributed by atoms with Crippen LogP contribution in [0.25, 0.3) is 0 Å². The summed E-state index contributed by atoms with van der Waals surface area (Å²) in [5.41, 5.74) is 2.53. The molecule has 142 valence electrons. The van der Waals surface area contributed by atoms with E-state index in [0.29, 0.717) is 17.2 Å². The molecule has 2 rings (SSSR count). The van der Waals surface area contributed by atoms with Gasteiger partial charge in [-0.25, -0.2) is 0 Å². The van der Waals surface area contributed by atoms with Crippen LogP contribution in [0.15, 0.2) is 36.7 Å². The van der Waals surface area contributed by atoms with Crippen molar-refractivity contribution in [1.82, 2.24) is 15.1 Å². The molecular weight excluding hydrogens is 376 g/mol. The quantitative estimate of drug-likeness (QED) is 0.663. The number of thioether (sulfide) groups is 1. The average Bonchev–Trinajstić information content (AvgIpc) is 3.01. The summed E-state index contributed by atoms with van der Waals surface area (Å²) >= 11 is 1.47. The second-order valence-corrected chi connectivity index (χ2v) is 6.41. The van der Waals surface area contributed by atoms with Crippen molar-refractivity contribution in [2.75, 3.05) is 25.2 Å². The maximum absolute atomic E-state index is 12.5. The van der Waals surface area contributed by atoms with Gasteiger partial charge in [0.25, 0.3) is 0 Å². The first kappa shape index (κ1) is 22.0. The predicted octanol–water partition coefficient (Wildman–Crippen LogP) is 2.15. The second-order valence-electron chi connectivity index (χ2n) is 5.43. The first-order valence-electron chi connectivity index (χ1n) is 7.73. The summed E-state index contributed by atoms with van der Waals surface area (Å²) in [7, 11) is 4.92. The Morgan fingerprint density at radius 2 is 2.15 bits per heavy atom. The Morgan fingerprint density at radius 3 is 2.77 bits per heavy atom. The highest BCUT2D eigenvalue weighted by molar-refractivity contribution is 7.99. The Balaban J connectivity index is 0.00000338. The number of aromatic nitrogens is 2. The lowest BCUT2D eigenvalue weighted by Crippen LogP contribution is -2.30. The largest absolute Gasteiger partial charge is 0.468 e.